The van der Waals surface area contributed by atoms with Crippen LogP contribution in [0, 0.1) is 0 Å². The van der Waals surface area contributed by atoms with Gasteiger partial charge in [-0.25, -0.2) is 4.98 Å². The van der Waals surface area contributed by atoms with Crippen molar-refractivity contribution in [3.05, 3.63) is 192 Å². The van der Waals surface area contributed by atoms with Gasteiger partial charge in [0.2, 0.25) is 0 Å². The second-order valence-electron chi connectivity index (χ2n) is 15.3. The fourth-order valence-electron chi connectivity index (χ4n) is 9.94. The lowest BCUT2D eigenvalue weighted by molar-refractivity contribution is 1.03. The number of fused-ring (bicyclic) bond motifs is 16. The van der Waals surface area contributed by atoms with Crippen molar-refractivity contribution in [2.45, 2.75) is 12.8 Å². The lowest BCUT2D eigenvalue weighted by atomic mass is 9.80. The van der Waals surface area contributed by atoms with Crippen molar-refractivity contribution in [1.29, 1.82) is 0 Å². The Morgan fingerprint density at radius 1 is 0.411 bits per heavy atom. The Morgan fingerprint density at radius 2 is 0.929 bits per heavy atom. The molecule has 0 spiro atoms. The monoisotopic (exact) mass is 712 g/mol. The molecule has 260 valence electrons. The van der Waals surface area contributed by atoms with Crippen molar-refractivity contribution < 1.29 is 0 Å². The molecule has 0 saturated heterocycles. The van der Waals surface area contributed by atoms with E-state index in [0.29, 0.717) is 0 Å². The third kappa shape index (κ3) is 4.08. The first-order valence-electron chi connectivity index (χ1n) is 19.4. The number of hydrogen-bond donors (Lipinski definition) is 0. The van der Waals surface area contributed by atoms with Gasteiger partial charge in [0.15, 0.2) is 0 Å². The number of rotatable bonds is 2. The normalized spacial score (nSPS) is 12.9. The first-order chi connectivity index (χ1) is 27.8. The maximum atomic E-state index is 5.52. The van der Waals surface area contributed by atoms with Gasteiger partial charge in [-0.1, -0.05) is 121 Å². The van der Waals surface area contributed by atoms with Crippen LogP contribution in [0.4, 0.5) is 0 Å². The number of pyridine rings is 2. The van der Waals surface area contributed by atoms with Crippen LogP contribution < -0.4 is 0 Å². The first kappa shape index (κ1) is 30.1. The van der Waals surface area contributed by atoms with Gasteiger partial charge in [0.1, 0.15) is 5.82 Å². The number of para-hydroxylation sites is 2. The summed E-state index contributed by atoms with van der Waals surface area (Å²) in [7, 11) is 0. The molecule has 0 unspecified atom stereocenters. The summed E-state index contributed by atoms with van der Waals surface area (Å²) < 4.78 is 4.98. The summed E-state index contributed by atoms with van der Waals surface area (Å²) in [5.74, 6) is 0.889. The molecule has 0 bridgehead atoms. The molecule has 4 heterocycles. The average Bonchev–Trinajstić information content (AvgIpc) is 3.79. The summed E-state index contributed by atoms with van der Waals surface area (Å²) >= 11 is 0. The Balaban J connectivity index is 1.24. The van der Waals surface area contributed by atoms with Gasteiger partial charge in [0.05, 0.1) is 33.1 Å². The van der Waals surface area contributed by atoms with Gasteiger partial charge in [-0.2, -0.15) is 0 Å². The van der Waals surface area contributed by atoms with Crippen LogP contribution in [-0.4, -0.2) is 19.1 Å². The molecule has 0 radical (unpaired) electrons. The van der Waals surface area contributed by atoms with E-state index < -0.39 is 0 Å². The summed E-state index contributed by atoms with van der Waals surface area (Å²) in [4.78, 5) is 10.4. The second-order valence-corrected chi connectivity index (χ2v) is 15.3. The van der Waals surface area contributed by atoms with E-state index in [4.69, 9.17) is 9.97 Å². The van der Waals surface area contributed by atoms with Gasteiger partial charge >= 0.3 is 0 Å². The van der Waals surface area contributed by atoms with Gasteiger partial charge < -0.3 is 4.57 Å². The molecule has 0 aliphatic heterocycles. The molecule has 0 N–H and O–H groups in total. The zero-order valence-electron chi connectivity index (χ0n) is 30.4. The summed E-state index contributed by atoms with van der Waals surface area (Å²) in [5.41, 5.74) is 13.4. The Kier molecular flexibility index (Phi) is 5.97. The average molecular weight is 713 g/mol. The van der Waals surface area contributed by atoms with E-state index in [1.165, 1.54) is 81.9 Å². The molecule has 0 amide bonds. The highest BCUT2D eigenvalue weighted by molar-refractivity contribution is 6.26. The maximum absolute atomic E-state index is 5.52. The quantitative estimate of drug-likeness (QED) is 0.167. The number of benzene rings is 8. The highest BCUT2D eigenvalue weighted by atomic mass is 15.1. The minimum atomic E-state index is 0.866. The fraction of sp³-hybridized carbons (Fsp3) is 0.0385. The van der Waals surface area contributed by atoms with E-state index in [0.717, 1.165) is 51.7 Å². The van der Waals surface area contributed by atoms with Gasteiger partial charge in [0.25, 0.3) is 0 Å². The van der Waals surface area contributed by atoms with Crippen LogP contribution in [0.25, 0.3) is 98.5 Å². The Hall–Kier alpha value is -7.30. The van der Waals surface area contributed by atoms with Crippen LogP contribution in [0.3, 0.4) is 0 Å². The van der Waals surface area contributed by atoms with Crippen LogP contribution in [0.15, 0.2) is 170 Å². The summed E-state index contributed by atoms with van der Waals surface area (Å²) in [6, 6.07) is 60.0. The van der Waals surface area contributed by atoms with E-state index in [1.54, 1.807) is 0 Å². The Morgan fingerprint density at radius 3 is 1.62 bits per heavy atom. The zero-order valence-corrected chi connectivity index (χ0v) is 30.4. The van der Waals surface area contributed by atoms with E-state index >= 15 is 0 Å². The van der Waals surface area contributed by atoms with Crippen molar-refractivity contribution in [2.24, 2.45) is 0 Å². The number of hydrogen-bond acceptors (Lipinski definition) is 2. The second kappa shape index (κ2) is 11.1. The van der Waals surface area contributed by atoms with E-state index in [2.05, 4.69) is 167 Å². The minimum absolute atomic E-state index is 0.866. The smallest absolute Gasteiger partial charge is 0.138 e. The molecular formula is C52H32N4. The summed E-state index contributed by atoms with van der Waals surface area (Å²) in [6.45, 7) is 0. The molecule has 8 aromatic carbocycles. The van der Waals surface area contributed by atoms with Crippen molar-refractivity contribution in [3.8, 4) is 11.5 Å². The van der Waals surface area contributed by atoms with Crippen LogP contribution in [-0.2, 0) is 12.8 Å². The van der Waals surface area contributed by atoms with E-state index in [9.17, 15) is 0 Å². The molecule has 0 saturated carbocycles. The van der Waals surface area contributed by atoms with Crippen LogP contribution in [0.5, 0.6) is 0 Å². The van der Waals surface area contributed by atoms with Gasteiger partial charge in [-0.15, -0.1) is 0 Å². The predicted octanol–water partition coefficient (Wildman–Crippen LogP) is 12.8. The van der Waals surface area contributed by atoms with Gasteiger partial charge in [0, 0.05) is 44.2 Å². The molecule has 12 aromatic rings. The maximum Gasteiger partial charge on any atom is 0.138 e. The van der Waals surface area contributed by atoms with E-state index in [-0.39, 0.29) is 0 Å². The zero-order chi connectivity index (χ0) is 36.5. The molecule has 4 heteroatoms. The van der Waals surface area contributed by atoms with Crippen LogP contribution in [0.1, 0.15) is 22.3 Å². The predicted molar refractivity (Wildman–Crippen MR) is 233 cm³/mol. The molecule has 0 atom stereocenters. The van der Waals surface area contributed by atoms with Gasteiger partial charge in [-0.05, 0) is 99.1 Å². The molecular weight excluding hydrogens is 681 g/mol. The number of aromatic nitrogens is 4. The first-order valence-corrected chi connectivity index (χ1v) is 19.4. The van der Waals surface area contributed by atoms with E-state index in [1.807, 2.05) is 12.3 Å². The highest BCUT2D eigenvalue weighted by Crippen LogP contribution is 2.48. The van der Waals surface area contributed by atoms with Crippen molar-refractivity contribution >= 4 is 87.0 Å². The summed E-state index contributed by atoms with van der Waals surface area (Å²) in [5, 5.41) is 12.4. The lowest BCUT2D eigenvalue weighted by Gasteiger charge is -2.24. The molecule has 4 aromatic heterocycles. The molecule has 4 nitrogen and oxygen atoms in total. The van der Waals surface area contributed by atoms with Crippen LogP contribution in [0.2, 0.25) is 0 Å². The summed E-state index contributed by atoms with van der Waals surface area (Å²) in [6.07, 6.45) is 3.61. The van der Waals surface area contributed by atoms with Crippen molar-refractivity contribution in [3.63, 3.8) is 0 Å². The lowest BCUT2D eigenvalue weighted by Crippen LogP contribution is -2.10. The van der Waals surface area contributed by atoms with Crippen LogP contribution >= 0.6 is 0 Å². The molecule has 1 aliphatic rings. The SMILES string of the molecule is c1ccc2cc(-n3c4ccccc4c4c5c(c6c7ccccc7n(-c7ccc8ccc9cccnc9c8n7)c6c43)Cc3cc4ccccc4cc3C5)ccc2c1. The molecule has 0 fully saturated rings. The highest BCUT2D eigenvalue weighted by Gasteiger charge is 2.30. The van der Waals surface area contributed by atoms with Gasteiger partial charge in [-0.3, -0.25) is 9.55 Å². The Labute approximate surface area is 321 Å². The topological polar surface area (TPSA) is 35.6 Å². The molecule has 56 heavy (non-hydrogen) atoms. The Bertz CT molecular complexity index is 3660. The molecule has 13 rings (SSSR count). The largest absolute Gasteiger partial charge is 0.307 e. The van der Waals surface area contributed by atoms with Crippen molar-refractivity contribution in [2.75, 3.05) is 0 Å². The standard InChI is InChI=1S/C52H32N4/c1-2-13-36-28-39(23-21-31(36)10-1)55-44-17-7-5-15-40(44)47-42-29-37-26-34-11-3-4-12-35(34)27-38(37)30-43(42)48-41-16-6-8-18-45(41)56(52(48)51(47)55)46-24-22-33-20-19-32-14-9-25-53-49(32)50(33)54-46/h1-28H,29-30H2. The third-order valence-corrected chi connectivity index (χ3v) is 12.4. The number of nitrogens with zero attached hydrogens (tertiary/aromatic N) is 4. The fourth-order valence-corrected chi connectivity index (χ4v) is 9.94. The molecule has 1 aliphatic carbocycles. The van der Waals surface area contributed by atoms with Crippen molar-refractivity contribution in [1.82, 2.24) is 19.1 Å². The third-order valence-electron chi connectivity index (χ3n) is 12.4. The minimum Gasteiger partial charge on any atom is -0.307 e.